The van der Waals surface area contributed by atoms with Crippen molar-refractivity contribution in [2.45, 2.75) is 38.6 Å². The Morgan fingerprint density at radius 3 is 2.35 bits per heavy atom. The molecule has 0 aliphatic heterocycles. The number of ether oxygens (including phenoxy) is 2. The summed E-state index contributed by atoms with van der Waals surface area (Å²) in [4.78, 5) is 35.6. The molecule has 2 rings (SSSR count). The molecule has 26 heavy (non-hydrogen) atoms. The molecule has 142 valence electrons. The van der Waals surface area contributed by atoms with Gasteiger partial charge in [-0.05, 0) is 43.7 Å². The minimum atomic E-state index is -0.664. The van der Waals surface area contributed by atoms with E-state index in [1.165, 1.54) is 24.3 Å². The highest BCUT2D eigenvalue weighted by Crippen LogP contribution is 2.26. The third kappa shape index (κ3) is 5.72. The van der Waals surface area contributed by atoms with Crippen molar-refractivity contribution >= 4 is 17.6 Å². The minimum Gasteiger partial charge on any atom is -0.482 e. The summed E-state index contributed by atoms with van der Waals surface area (Å²) >= 11 is 0. The predicted molar refractivity (Wildman–Crippen MR) is 93.7 cm³/mol. The van der Waals surface area contributed by atoms with Gasteiger partial charge in [0.1, 0.15) is 5.75 Å². The zero-order chi connectivity index (χ0) is 19.1. The Bertz CT molecular complexity index is 638. The lowest BCUT2D eigenvalue weighted by molar-refractivity contribution is -0.384. The fourth-order valence-electron chi connectivity index (χ4n) is 2.93. The topological polar surface area (TPSA) is 99.0 Å². The van der Waals surface area contributed by atoms with Gasteiger partial charge in [0, 0.05) is 25.2 Å². The molecular formula is C18H24N2O6. The highest BCUT2D eigenvalue weighted by atomic mass is 16.6. The van der Waals surface area contributed by atoms with Gasteiger partial charge in [-0.3, -0.25) is 14.9 Å². The zero-order valence-electron chi connectivity index (χ0n) is 15.1. The maximum atomic E-state index is 12.1. The van der Waals surface area contributed by atoms with E-state index in [1.54, 1.807) is 11.9 Å². The summed E-state index contributed by atoms with van der Waals surface area (Å²) in [6, 6.07) is 5.56. The first-order valence-corrected chi connectivity index (χ1v) is 8.65. The van der Waals surface area contributed by atoms with Crippen molar-refractivity contribution < 1.29 is 24.0 Å². The maximum Gasteiger partial charge on any atom is 0.344 e. The summed E-state index contributed by atoms with van der Waals surface area (Å²) in [6.45, 7) is 1.53. The maximum absolute atomic E-state index is 12.1. The highest BCUT2D eigenvalue weighted by Gasteiger charge is 2.25. The van der Waals surface area contributed by atoms with Crippen molar-refractivity contribution in [3.63, 3.8) is 0 Å². The standard InChI is InChI=1S/C18H24N2O6/c1-13-3-5-14(6-4-13)19(2)17(21)11-26-18(22)12-25-16-9-7-15(8-10-16)20(23)24/h7-10,13-14H,3-6,11-12H2,1-2H3. The van der Waals surface area contributed by atoms with E-state index >= 15 is 0 Å². The number of non-ortho nitro benzene ring substituents is 1. The Hall–Kier alpha value is -2.64. The molecule has 0 aromatic heterocycles. The van der Waals surface area contributed by atoms with Gasteiger partial charge in [0.25, 0.3) is 11.6 Å². The Morgan fingerprint density at radius 2 is 1.77 bits per heavy atom. The van der Waals surface area contributed by atoms with E-state index in [-0.39, 0.29) is 30.9 Å². The fourth-order valence-corrected chi connectivity index (χ4v) is 2.93. The zero-order valence-corrected chi connectivity index (χ0v) is 15.1. The molecule has 0 saturated heterocycles. The second-order valence-corrected chi connectivity index (χ2v) is 6.62. The number of amides is 1. The minimum absolute atomic E-state index is 0.0642. The summed E-state index contributed by atoms with van der Waals surface area (Å²) in [5.74, 6) is 0.118. The Balaban J connectivity index is 1.70. The van der Waals surface area contributed by atoms with Crippen LogP contribution in [0.15, 0.2) is 24.3 Å². The van der Waals surface area contributed by atoms with Crippen molar-refractivity contribution in [3.8, 4) is 5.75 Å². The van der Waals surface area contributed by atoms with E-state index in [0.717, 1.165) is 25.7 Å². The molecular weight excluding hydrogens is 340 g/mol. The molecule has 0 heterocycles. The first kappa shape index (κ1) is 19.7. The van der Waals surface area contributed by atoms with E-state index in [1.807, 2.05) is 0 Å². The number of nitro benzene ring substituents is 1. The summed E-state index contributed by atoms with van der Waals surface area (Å²) in [6.07, 6.45) is 4.15. The Labute approximate surface area is 152 Å². The van der Waals surface area contributed by atoms with Crippen LogP contribution < -0.4 is 4.74 Å². The number of rotatable bonds is 7. The first-order valence-electron chi connectivity index (χ1n) is 8.65. The SMILES string of the molecule is CC1CCC(N(C)C(=O)COC(=O)COc2ccc([N+](=O)[O-])cc2)CC1. The van der Waals surface area contributed by atoms with Gasteiger partial charge in [-0.1, -0.05) is 6.92 Å². The number of hydrogen-bond acceptors (Lipinski definition) is 6. The monoisotopic (exact) mass is 364 g/mol. The smallest absolute Gasteiger partial charge is 0.344 e. The Morgan fingerprint density at radius 1 is 1.15 bits per heavy atom. The lowest BCUT2D eigenvalue weighted by Gasteiger charge is -2.33. The van der Waals surface area contributed by atoms with Gasteiger partial charge >= 0.3 is 5.97 Å². The van der Waals surface area contributed by atoms with Crippen LogP contribution in [-0.2, 0) is 14.3 Å². The number of nitro groups is 1. The lowest BCUT2D eigenvalue weighted by Crippen LogP contribution is -2.41. The first-order chi connectivity index (χ1) is 12.4. The molecule has 1 aliphatic carbocycles. The molecule has 0 N–H and O–H groups in total. The van der Waals surface area contributed by atoms with Crippen LogP contribution in [-0.4, -0.2) is 48.0 Å². The van der Waals surface area contributed by atoms with Crippen LogP contribution in [0.2, 0.25) is 0 Å². The van der Waals surface area contributed by atoms with Crippen LogP contribution in [0, 0.1) is 16.0 Å². The van der Waals surface area contributed by atoms with Crippen molar-refractivity contribution in [2.75, 3.05) is 20.3 Å². The summed E-state index contributed by atoms with van der Waals surface area (Å²) in [5, 5.41) is 10.6. The molecule has 8 nitrogen and oxygen atoms in total. The largest absolute Gasteiger partial charge is 0.482 e. The summed E-state index contributed by atoms with van der Waals surface area (Å²) in [5.41, 5.74) is -0.0642. The summed E-state index contributed by atoms with van der Waals surface area (Å²) in [7, 11) is 1.74. The second kappa shape index (κ2) is 9.17. The third-order valence-corrected chi connectivity index (χ3v) is 4.69. The molecule has 1 aliphatic rings. The number of benzene rings is 1. The fraction of sp³-hybridized carbons (Fsp3) is 0.556. The van der Waals surface area contributed by atoms with Crippen molar-refractivity contribution in [1.29, 1.82) is 0 Å². The van der Waals surface area contributed by atoms with Crippen LogP contribution in [0.5, 0.6) is 5.75 Å². The van der Waals surface area contributed by atoms with Gasteiger partial charge in [0.15, 0.2) is 13.2 Å². The average Bonchev–Trinajstić information content (AvgIpc) is 2.64. The predicted octanol–water partition coefficient (Wildman–Crippen LogP) is 2.55. The lowest BCUT2D eigenvalue weighted by atomic mass is 9.87. The average molecular weight is 364 g/mol. The number of carbonyl (C=O) groups is 2. The highest BCUT2D eigenvalue weighted by molar-refractivity contribution is 5.81. The normalized spacial score (nSPS) is 19.5. The molecule has 0 unspecified atom stereocenters. The quantitative estimate of drug-likeness (QED) is 0.419. The van der Waals surface area contributed by atoms with E-state index in [0.29, 0.717) is 11.7 Å². The van der Waals surface area contributed by atoms with Gasteiger partial charge in [-0.25, -0.2) is 4.79 Å². The van der Waals surface area contributed by atoms with Crippen LogP contribution in [0.4, 0.5) is 5.69 Å². The Kier molecular flexibility index (Phi) is 6.94. The van der Waals surface area contributed by atoms with Crippen LogP contribution >= 0.6 is 0 Å². The molecule has 1 aromatic rings. The molecule has 0 bridgehead atoms. The molecule has 1 saturated carbocycles. The van der Waals surface area contributed by atoms with Crippen molar-refractivity contribution in [3.05, 3.63) is 34.4 Å². The van der Waals surface area contributed by atoms with Gasteiger partial charge in [0.05, 0.1) is 4.92 Å². The van der Waals surface area contributed by atoms with Gasteiger partial charge in [0.2, 0.25) is 0 Å². The van der Waals surface area contributed by atoms with E-state index in [9.17, 15) is 19.7 Å². The molecule has 0 atom stereocenters. The number of likely N-dealkylation sites (N-methyl/N-ethyl adjacent to an activating group) is 1. The molecule has 0 spiro atoms. The van der Waals surface area contributed by atoms with E-state index in [2.05, 4.69) is 6.92 Å². The van der Waals surface area contributed by atoms with Crippen LogP contribution in [0.1, 0.15) is 32.6 Å². The molecule has 0 radical (unpaired) electrons. The summed E-state index contributed by atoms with van der Waals surface area (Å²) < 4.78 is 10.2. The number of nitrogens with zero attached hydrogens (tertiary/aromatic N) is 2. The van der Waals surface area contributed by atoms with Gasteiger partial charge in [-0.2, -0.15) is 0 Å². The number of carbonyl (C=O) groups excluding carboxylic acids is 2. The number of hydrogen-bond donors (Lipinski definition) is 0. The van der Waals surface area contributed by atoms with Crippen LogP contribution in [0.25, 0.3) is 0 Å². The number of esters is 1. The van der Waals surface area contributed by atoms with Gasteiger partial charge in [-0.15, -0.1) is 0 Å². The van der Waals surface area contributed by atoms with Crippen LogP contribution in [0.3, 0.4) is 0 Å². The van der Waals surface area contributed by atoms with E-state index < -0.39 is 10.9 Å². The molecule has 1 amide bonds. The third-order valence-electron chi connectivity index (χ3n) is 4.69. The molecule has 1 aromatic carbocycles. The molecule has 1 fully saturated rings. The van der Waals surface area contributed by atoms with Crippen molar-refractivity contribution in [1.82, 2.24) is 4.90 Å². The van der Waals surface area contributed by atoms with E-state index in [4.69, 9.17) is 9.47 Å². The second-order valence-electron chi connectivity index (χ2n) is 6.62. The van der Waals surface area contributed by atoms with Gasteiger partial charge < -0.3 is 14.4 Å². The molecule has 8 heteroatoms. The van der Waals surface area contributed by atoms with Crippen molar-refractivity contribution in [2.24, 2.45) is 5.92 Å².